The summed E-state index contributed by atoms with van der Waals surface area (Å²) in [6.45, 7) is 0.459. The lowest BCUT2D eigenvalue weighted by Gasteiger charge is -2.07. The number of hydrogen-bond acceptors (Lipinski definition) is 3. The number of primary amides is 1. The standard InChI is InChI=1S/C11H14ClN3O2/c12-9-4-3-7(6-8(9)11(14)17)15-10(16)2-1-5-13/h3-4,6H,1-2,5,13H2,(H2,14,17)(H,15,16). The van der Waals surface area contributed by atoms with Gasteiger partial charge in [0.1, 0.15) is 0 Å². The molecule has 5 N–H and O–H groups in total. The predicted molar refractivity (Wildman–Crippen MR) is 66.9 cm³/mol. The molecule has 0 saturated carbocycles. The first-order valence-electron chi connectivity index (χ1n) is 5.14. The maximum Gasteiger partial charge on any atom is 0.250 e. The van der Waals surface area contributed by atoms with E-state index >= 15 is 0 Å². The predicted octanol–water partition coefficient (Wildman–Crippen LogP) is 1.12. The van der Waals surface area contributed by atoms with Gasteiger partial charge >= 0.3 is 0 Å². The van der Waals surface area contributed by atoms with E-state index in [0.29, 0.717) is 25.1 Å². The maximum absolute atomic E-state index is 11.4. The van der Waals surface area contributed by atoms with E-state index in [1.54, 1.807) is 6.07 Å². The molecule has 1 rings (SSSR count). The fourth-order valence-corrected chi connectivity index (χ4v) is 1.49. The fourth-order valence-electron chi connectivity index (χ4n) is 1.28. The van der Waals surface area contributed by atoms with Gasteiger partial charge in [-0.25, -0.2) is 0 Å². The summed E-state index contributed by atoms with van der Waals surface area (Å²) in [5.74, 6) is -0.791. The number of nitrogens with two attached hydrogens (primary N) is 2. The molecule has 92 valence electrons. The number of rotatable bonds is 5. The van der Waals surface area contributed by atoms with Gasteiger partial charge in [-0.1, -0.05) is 11.6 Å². The number of hydrogen-bond donors (Lipinski definition) is 3. The van der Waals surface area contributed by atoms with Crippen LogP contribution in [0.5, 0.6) is 0 Å². The largest absolute Gasteiger partial charge is 0.366 e. The monoisotopic (exact) mass is 255 g/mol. The molecule has 0 spiro atoms. The van der Waals surface area contributed by atoms with Crippen LogP contribution in [0.15, 0.2) is 18.2 Å². The number of amides is 2. The highest BCUT2D eigenvalue weighted by Gasteiger charge is 2.09. The Morgan fingerprint density at radius 3 is 2.65 bits per heavy atom. The lowest BCUT2D eigenvalue weighted by atomic mass is 10.2. The van der Waals surface area contributed by atoms with Gasteiger partial charge in [-0.3, -0.25) is 9.59 Å². The van der Waals surface area contributed by atoms with Gasteiger partial charge in [-0.2, -0.15) is 0 Å². The van der Waals surface area contributed by atoms with E-state index in [2.05, 4.69) is 5.32 Å². The molecule has 0 saturated heterocycles. The zero-order valence-electron chi connectivity index (χ0n) is 9.20. The summed E-state index contributed by atoms with van der Waals surface area (Å²) >= 11 is 5.78. The van der Waals surface area contributed by atoms with Crippen LogP contribution < -0.4 is 16.8 Å². The van der Waals surface area contributed by atoms with Gasteiger partial charge < -0.3 is 16.8 Å². The van der Waals surface area contributed by atoms with Crippen molar-refractivity contribution in [2.45, 2.75) is 12.8 Å². The number of nitrogens with one attached hydrogen (secondary N) is 1. The van der Waals surface area contributed by atoms with E-state index in [1.165, 1.54) is 12.1 Å². The molecule has 2 amide bonds. The number of benzene rings is 1. The molecule has 0 unspecified atom stereocenters. The Bertz CT molecular complexity index is 435. The number of anilines is 1. The highest BCUT2D eigenvalue weighted by Crippen LogP contribution is 2.20. The normalized spacial score (nSPS) is 10.0. The minimum atomic E-state index is -0.631. The van der Waals surface area contributed by atoms with Gasteiger partial charge in [0.25, 0.3) is 0 Å². The van der Waals surface area contributed by atoms with E-state index in [0.717, 1.165) is 0 Å². The van der Waals surface area contributed by atoms with Gasteiger partial charge in [0.15, 0.2) is 0 Å². The summed E-state index contributed by atoms with van der Waals surface area (Å²) in [6.07, 6.45) is 0.952. The molecular weight excluding hydrogens is 242 g/mol. The summed E-state index contributed by atoms with van der Waals surface area (Å²) in [5, 5.41) is 2.90. The van der Waals surface area contributed by atoms with Crippen LogP contribution in [0.4, 0.5) is 5.69 Å². The fraction of sp³-hybridized carbons (Fsp3) is 0.273. The van der Waals surface area contributed by atoms with Crippen LogP contribution in [-0.2, 0) is 4.79 Å². The minimum Gasteiger partial charge on any atom is -0.366 e. The second-order valence-corrected chi connectivity index (χ2v) is 3.91. The Kier molecular flexibility index (Phi) is 4.93. The van der Waals surface area contributed by atoms with Crippen molar-refractivity contribution in [3.8, 4) is 0 Å². The summed E-state index contributed by atoms with van der Waals surface area (Å²) in [5.41, 5.74) is 11.1. The highest BCUT2D eigenvalue weighted by atomic mass is 35.5. The molecule has 0 aromatic heterocycles. The van der Waals surface area contributed by atoms with Crippen LogP contribution >= 0.6 is 11.6 Å². The third-order valence-corrected chi connectivity index (χ3v) is 2.45. The first kappa shape index (κ1) is 13.5. The van der Waals surface area contributed by atoms with Gasteiger partial charge in [0, 0.05) is 12.1 Å². The molecule has 0 bridgehead atoms. The minimum absolute atomic E-state index is 0.159. The van der Waals surface area contributed by atoms with Gasteiger partial charge in [-0.05, 0) is 31.2 Å². The second-order valence-electron chi connectivity index (χ2n) is 3.50. The van der Waals surface area contributed by atoms with Crippen molar-refractivity contribution >= 4 is 29.1 Å². The van der Waals surface area contributed by atoms with Crippen LogP contribution in [0.25, 0.3) is 0 Å². The van der Waals surface area contributed by atoms with Crippen LogP contribution in [0.3, 0.4) is 0 Å². The van der Waals surface area contributed by atoms with Gasteiger partial charge in [0.05, 0.1) is 10.6 Å². The Morgan fingerprint density at radius 2 is 2.06 bits per heavy atom. The van der Waals surface area contributed by atoms with Crippen LogP contribution in [0.1, 0.15) is 23.2 Å². The smallest absolute Gasteiger partial charge is 0.250 e. The first-order chi connectivity index (χ1) is 8.04. The molecule has 0 aliphatic heterocycles. The Morgan fingerprint density at radius 1 is 1.35 bits per heavy atom. The number of carbonyl (C=O) groups excluding carboxylic acids is 2. The van der Waals surface area contributed by atoms with Gasteiger partial charge in [-0.15, -0.1) is 0 Å². The Hall–Kier alpha value is -1.59. The topological polar surface area (TPSA) is 98.2 Å². The summed E-state index contributed by atoms with van der Waals surface area (Å²) in [6, 6.07) is 4.57. The molecule has 6 heteroatoms. The van der Waals surface area contributed by atoms with E-state index in [4.69, 9.17) is 23.1 Å². The molecule has 17 heavy (non-hydrogen) atoms. The molecule has 0 aliphatic rings. The van der Waals surface area contributed by atoms with E-state index in [1.807, 2.05) is 0 Å². The van der Waals surface area contributed by atoms with Crippen molar-refractivity contribution in [1.82, 2.24) is 0 Å². The maximum atomic E-state index is 11.4. The number of carbonyl (C=O) groups is 2. The lowest BCUT2D eigenvalue weighted by molar-refractivity contribution is -0.116. The summed E-state index contributed by atoms with van der Waals surface area (Å²) in [4.78, 5) is 22.5. The van der Waals surface area contributed by atoms with Gasteiger partial charge in [0.2, 0.25) is 11.8 Å². The van der Waals surface area contributed by atoms with Crippen molar-refractivity contribution in [2.75, 3.05) is 11.9 Å². The van der Waals surface area contributed by atoms with Crippen molar-refractivity contribution in [3.63, 3.8) is 0 Å². The molecular formula is C11H14ClN3O2. The molecule has 5 nitrogen and oxygen atoms in total. The molecule has 0 heterocycles. The number of halogens is 1. The molecule has 0 radical (unpaired) electrons. The van der Waals surface area contributed by atoms with Crippen LogP contribution in [0, 0.1) is 0 Å². The molecule has 0 atom stereocenters. The van der Waals surface area contributed by atoms with E-state index in [9.17, 15) is 9.59 Å². The van der Waals surface area contributed by atoms with E-state index in [-0.39, 0.29) is 16.5 Å². The summed E-state index contributed by atoms with van der Waals surface area (Å²) < 4.78 is 0. The first-order valence-corrected chi connectivity index (χ1v) is 5.51. The Labute approximate surface area is 104 Å². The molecule has 0 fully saturated rings. The average Bonchev–Trinajstić information content (AvgIpc) is 2.28. The zero-order valence-corrected chi connectivity index (χ0v) is 9.96. The third-order valence-electron chi connectivity index (χ3n) is 2.12. The van der Waals surface area contributed by atoms with Crippen molar-refractivity contribution in [3.05, 3.63) is 28.8 Å². The zero-order chi connectivity index (χ0) is 12.8. The Balaban J connectivity index is 2.75. The lowest BCUT2D eigenvalue weighted by Crippen LogP contribution is -2.15. The SMILES string of the molecule is NCCCC(=O)Nc1ccc(Cl)c(C(N)=O)c1. The molecule has 1 aromatic rings. The van der Waals surface area contributed by atoms with E-state index < -0.39 is 5.91 Å². The third kappa shape index (κ3) is 4.05. The quantitative estimate of drug-likeness (QED) is 0.735. The van der Waals surface area contributed by atoms with Crippen molar-refractivity contribution in [1.29, 1.82) is 0 Å². The van der Waals surface area contributed by atoms with Crippen molar-refractivity contribution < 1.29 is 9.59 Å². The van der Waals surface area contributed by atoms with Crippen molar-refractivity contribution in [2.24, 2.45) is 11.5 Å². The average molecular weight is 256 g/mol. The van der Waals surface area contributed by atoms with Crippen LogP contribution in [-0.4, -0.2) is 18.4 Å². The van der Waals surface area contributed by atoms with Crippen LogP contribution in [0.2, 0.25) is 5.02 Å². The summed E-state index contributed by atoms with van der Waals surface area (Å²) in [7, 11) is 0. The highest BCUT2D eigenvalue weighted by molar-refractivity contribution is 6.33. The molecule has 1 aromatic carbocycles. The second kappa shape index (κ2) is 6.22. The molecule has 0 aliphatic carbocycles.